The molecule has 0 fully saturated rings. The van der Waals surface area contributed by atoms with Crippen molar-refractivity contribution in [3.63, 3.8) is 0 Å². The predicted molar refractivity (Wildman–Crippen MR) is 57.9 cm³/mol. The highest BCUT2D eigenvalue weighted by molar-refractivity contribution is 5.26. The molecular formula is C13H12N. The second-order valence-corrected chi connectivity index (χ2v) is 3.32. The Morgan fingerprint density at radius 1 is 1.00 bits per heavy atom. The van der Waals surface area contributed by atoms with Crippen LogP contribution < -0.4 is 0 Å². The summed E-state index contributed by atoms with van der Waals surface area (Å²) in [5.41, 5.74) is 3.41. The SMILES string of the molecule is [CH2]c1cc(Cc2ccccc2)ccn1. The maximum absolute atomic E-state index is 4.07. The second kappa shape index (κ2) is 4.05. The van der Waals surface area contributed by atoms with Crippen LogP contribution in [0, 0.1) is 6.92 Å². The van der Waals surface area contributed by atoms with E-state index in [1.54, 1.807) is 6.20 Å². The van der Waals surface area contributed by atoms with Crippen LogP contribution in [-0.4, -0.2) is 4.98 Å². The molecule has 1 radical (unpaired) electrons. The van der Waals surface area contributed by atoms with Crippen LogP contribution in [-0.2, 0) is 6.42 Å². The van der Waals surface area contributed by atoms with Crippen molar-refractivity contribution in [1.29, 1.82) is 0 Å². The Hall–Kier alpha value is -1.63. The van der Waals surface area contributed by atoms with E-state index in [2.05, 4.69) is 36.2 Å². The minimum Gasteiger partial charge on any atom is -0.261 e. The van der Waals surface area contributed by atoms with E-state index in [4.69, 9.17) is 0 Å². The molecule has 2 rings (SSSR count). The number of nitrogens with zero attached hydrogens (tertiary/aromatic N) is 1. The predicted octanol–water partition coefficient (Wildman–Crippen LogP) is 2.85. The average Bonchev–Trinajstić information content (AvgIpc) is 2.19. The quantitative estimate of drug-likeness (QED) is 0.696. The van der Waals surface area contributed by atoms with Crippen molar-refractivity contribution >= 4 is 0 Å². The van der Waals surface area contributed by atoms with Crippen LogP contribution in [0.1, 0.15) is 16.8 Å². The van der Waals surface area contributed by atoms with Crippen LogP contribution in [0.4, 0.5) is 0 Å². The van der Waals surface area contributed by atoms with Gasteiger partial charge in [-0.1, -0.05) is 30.3 Å². The molecule has 1 heteroatoms. The van der Waals surface area contributed by atoms with Crippen molar-refractivity contribution in [1.82, 2.24) is 4.98 Å². The van der Waals surface area contributed by atoms with Crippen LogP contribution in [0.25, 0.3) is 0 Å². The summed E-state index contributed by atoms with van der Waals surface area (Å²) in [5, 5.41) is 0. The van der Waals surface area contributed by atoms with Crippen molar-refractivity contribution in [3.05, 3.63) is 72.4 Å². The van der Waals surface area contributed by atoms with Gasteiger partial charge in [-0.15, -0.1) is 0 Å². The van der Waals surface area contributed by atoms with Crippen LogP contribution in [0.3, 0.4) is 0 Å². The van der Waals surface area contributed by atoms with E-state index in [0.717, 1.165) is 12.1 Å². The molecule has 1 nitrogen and oxygen atoms in total. The number of benzene rings is 1. The van der Waals surface area contributed by atoms with E-state index in [9.17, 15) is 0 Å². The van der Waals surface area contributed by atoms with Gasteiger partial charge in [0.15, 0.2) is 0 Å². The summed E-state index contributed by atoms with van der Waals surface area (Å²) in [4.78, 5) is 4.07. The monoisotopic (exact) mass is 182 g/mol. The Kier molecular flexibility index (Phi) is 2.59. The lowest BCUT2D eigenvalue weighted by molar-refractivity contribution is 1.14. The van der Waals surface area contributed by atoms with Gasteiger partial charge in [0.2, 0.25) is 0 Å². The first-order valence-electron chi connectivity index (χ1n) is 4.65. The van der Waals surface area contributed by atoms with E-state index in [1.807, 2.05) is 18.2 Å². The first kappa shape index (κ1) is 8.95. The van der Waals surface area contributed by atoms with E-state index in [-0.39, 0.29) is 0 Å². The lowest BCUT2D eigenvalue weighted by Crippen LogP contribution is -1.89. The summed E-state index contributed by atoms with van der Waals surface area (Å²) >= 11 is 0. The molecule has 0 unspecified atom stereocenters. The average molecular weight is 182 g/mol. The lowest BCUT2D eigenvalue weighted by atomic mass is 10.1. The minimum atomic E-state index is 0.832. The van der Waals surface area contributed by atoms with Crippen molar-refractivity contribution in [2.45, 2.75) is 6.42 Å². The van der Waals surface area contributed by atoms with Gasteiger partial charge in [-0.3, -0.25) is 4.98 Å². The van der Waals surface area contributed by atoms with Gasteiger partial charge in [-0.05, 0) is 36.6 Å². The molecule has 0 atom stereocenters. The first-order chi connectivity index (χ1) is 6.84. The van der Waals surface area contributed by atoms with Gasteiger partial charge in [0.05, 0.1) is 0 Å². The summed E-state index contributed by atoms with van der Waals surface area (Å²) in [6.07, 6.45) is 2.76. The summed E-state index contributed by atoms with van der Waals surface area (Å²) in [5.74, 6) is 0. The third-order valence-electron chi connectivity index (χ3n) is 2.13. The lowest BCUT2D eigenvalue weighted by Gasteiger charge is -2.01. The number of aromatic nitrogens is 1. The summed E-state index contributed by atoms with van der Waals surface area (Å²) in [6.45, 7) is 3.81. The topological polar surface area (TPSA) is 12.9 Å². The molecule has 2 aromatic rings. The van der Waals surface area contributed by atoms with E-state index in [0.29, 0.717) is 0 Å². The molecule has 1 aromatic carbocycles. The molecule has 0 aliphatic carbocycles. The Labute approximate surface area is 84.4 Å². The summed E-state index contributed by atoms with van der Waals surface area (Å²) in [6, 6.07) is 14.5. The first-order valence-corrected chi connectivity index (χ1v) is 4.65. The molecule has 1 heterocycles. The van der Waals surface area contributed by atoms with E-state index >= 15 is 0 Å². The molecule has 14 heavy (non-hydrogen) atoms. The fourth-order valence-corrected chi connectivity index (χ4v) is 1.47. The number of rotatable bonds is 2. The molecule has 69 valence electrons. The minimum absolute atomic E-state index is 0.832. The van der Waals surface area contributed by atoms with Gasteiger partial charge in [0.25, 0.3) is 0 Å². The number of hydrogen-bond donors (Lipinski definition) is 0. The highest BCUT2D eigenvalue weighted by Crippen LogP contribution is 2.08. The van der Waals surface area contributed by atoms with Crippen LogP contribution in [0.15, 0.2) is 48.7 Å². The zero-order valence-electron chi connectivity index (χ0n) is 7.98. The van der Waals surface area contributed by atoms with Crippen molar-refractivity contribution < 1.29 is 0 Å². The van der Waals surface area contributed by atoms with Gasteiger partial charge >= 0.3 is 0 Å². The molecule has 0 aliphatic heterocycles. The van der Waals surface area contributed by atoms with E-state index in [1.165, 1.54) is 11.1 Å². The molecule has 1 aromatic heterocycles. The van der Waals surface area contributed by atoms with Crippen molar-refractivity contribution in [2.75, 3.05) is 0 Å². The maximum Gasteiger partial charge on any atom is 0.0410 e. The highest BCUT2D eigenvalue weighted by Gasteiger charge is 1.95. The van der Waals surface area contributed by atoms with Gasteiger partial charge < -0.3 is 0 Å². The Morgan fingerprint density at radius 3 is 2.50 bits per heavy atom. The third-order valence-corrected chi connectivity index (χ3v) is 2.13. The Bertz CT molecular complexity index is 407. The van der Waals surface area contributed by atoms with Gasteiger partial charge in [0.1, 0.15) is 0 Å². The molecule has 0 saturated carbocycles. The summed E-state index contributed by atoms with van der Waals surface area (Å²) in [7, 11) is 0. The second-order valence-electron chi connectivity index (χ2n) is 3.32. The smallest absolute Gasteiger partial charge is 0.0410 e. The van der Waals surface area contributed by atoms with Gasteiger partial charge in [-0.25, -0.2) is 0 Å². The normalized spacial score (nSPS) is 10.1. The maximum atomic E-state index is 4.07. The standard InChI is InChI=1S/C13H12N/c1-11-9-13(7-8-14-11)10-12-5-3-2-4-6-12/h2-9H,1,10H2. The van der Waals surface area contributed by atoms with Gasteiger partial charge in [0, 0.05) is 11.9 Å². The highest BCUT2D eigenvalue weighted by atomic mass is 14.6. The zero-order chi connectivity index (χ0) is 9.80. The molecular weight excluding hydrogens is 170 g/mol. The molecule has 0 amide bonds. The molecule has 0 N–H and O–H groups in total. The molecule has 0 saturated heterocycles. The van der Waals surface area contributed by atoms with Crippen molar-refractivity contribution in [3.8, 4) is 0 Å². The van der Waals surface area contributed by atoms with Crippen molar-refractivity contribution in [2.24, 2.45) is 0 Å². The van der Waals surface area contributed by atoms with Gasteiger partial charge in [-0.2, -0.15) is 0 Å². The third kappa shape index (κ3) is 2.19. The molecule has 0 spiro atoms. The fourth-order valence-electron chi connectivity index (χ4n) is 1.47. The number of hydrogen-bond acceptors (Lipinski definition) is 1. The van der Waals surface area contributed by atoms with E-state index < -0.39 is 0 Å². The van der Waals surface area contributed by atoms with Crippen LogP contribution in [0.5, 0.6) is 0 Å². The zero-order valence-corrected chi connectivity index (χ0v) is 7.98. The van der Waals surface area contributed by atoms with Crippen LogP contribution >= 0.6 is 0 Å². The Balaban J connectivity index is 2.19. The molecule has 0 bridgehead atoms. The summed E-state index contributed by atoms with van der Waals surface area (Å²) < 4.78 is 0. The fraction of sp³-hybridized carbons (Fsp3) is 0.0769. The number of pyridine rings is 1. The Morgan fingerprint density at radius 2 is 1.79 bits per heavy atom. The van der Waals surface area contributed by atoms with Crippen LogP contribution in [0.2, 0.25) is 0 Å². The molecule has 0 aliphatic rings. The largest absolute Gasteiger partial charge is 0.261 e.